The number of amides is 1. The molecule has 1 N–H and O–H groups in total. The van der Waals surface area contributed by atoms with E-state index in [1.54, 1.807) is 0 Å². The Labute approximate surface area is 180 Å². The second-order valence-corrected chi connectivity index (χ2v) is 8.41. The summed E-state index contributed by atoms with van der Waals surface area (Å²) in [5, 5.41) is 13.6. The van der Waals surface area contributed by atoms with Gasteiger partial charge in [-0.05, 0) is 55.5 Å². The predicted molar refractivity (Wildman–Crippen MR) is 114 cm³/mol. The van der Waals surface area contributed by atoms with Gasteiger partial charge in [0.15, 0.2) is 0 Å². The summed E-state index contributed by atoms with van der Waals surface area (Å²) in [7, 11) is 0. The molecule has 1 aromatic heterocycles. The lowest BCUT2D eigenvalue weighted by molar-refractivity contribution is -0.129. The minimum Gasteiger partial charge on any atom is -0.491 e. The summed E-state index contributed by atoms with van der Waals surface area (Å²) < 4.78 is 11.4. The van der Waals surface area contributed by atoms with Crippen molar-refractivity contribution in [2.24, 2.45) is 5.92 Å². The van der Waals surface area contributed by atoms with E-state index in [0.29, 0.717) is 24.7 Å². The topological polar surface area (TPSA) is 88.7 Å². The van der Waals surface area contributed by atoms with Gasteiger partial charge in [0, 0.05) is 24.1 Å². The Hall–Kier alpha value is -3.19. The molecule has 31 heavy (non-hydrogen) atoms. The molecule has 1 amide bonds. The Bertz CT molecular complexity index is 1120. The van der Waals surface area contributed by atoms with Gasteiger partial charge in [-0.1, -0.05) is 29.4 Å². The van der Waals surface area contributed by atoms with E-state index < -0.39 is 0 Å². The normalized spacial score (nSPS) is 19.7. The summed E-state index contributed by atoms with van der Waals surface area (Å²) in [6.45, 7) is 4.30. The minimum absolute atomic E-state index is 0.0193. The fourth-order valence-electron chi connectivity index (χ4n) is 4.85. The molecule has 160 valence electrons. The molecule has 2 heterocycles. The molecule has 0 saturated carbocycles. The van der Waals surface area contributed by atoms with E-state index in [4.69, 9.17) is 9.26 Å². The van der Waals surface area contributed by atoms with Crippen LogP contribution in [0.1, 0.15) is 37.4 Å². The van der Waals surface area contributed by atoms with Gasteiger partial charge in [-0.25, -0.2) is 0 Å². The summed E-state index contributed by atoms with van der Waals surface area (Å²) in [6, 6.07) is 13.7. The number of hydrogen-bond acceptors (Lipinski definition) is 6. The summed E-state index contributed by atoms with van der Waals surface area (Å²) >= 11 is 0. The number of aromatic nitrogens is 2. The molecule has 2 aliphatic rings. The van der Waals surface area contributed by atoms with Gasteiger partial charge in [0.1, 0.15) is 5.75 Å². The van der Waals surface area contributed by atoms with Crippen LogP contribution in [0.15, 0.2) is 47.0 Å². The van der Waals surface area contributed by atoms with Crippen LogP contribution in [-0.4, -0.2) is 45.3 Å². The van der Waals surface area contributed by atoms with Crippen molar-refractivity contribution in [2.45, 2.75) is 38.8 Å². The van der Waals surface area contributed by atoms with Crippen molar-refractivity contribution >= 4 is 5.91 Å². The lowest BCUT2D eigenvalue weighted by Gasteiger charge is -2.24. The third kappa shape index (κ3) is 3.49. The second kappa shape index (κ2) is 7.81. The monoisotopic (exact) mass is 419 g/mol. The number of benzene rings is 2. The van der Waals surface area contributed by atoms with E-state index in [1.807, 2.05) is 55.1 Å². The summed E-state index contributed by atoms with van der Waals surface area (Å²) in [6.07, 6.45) is 1.39. The van der Waals surface area contributed by atoms with Gasteiger partial charge in [-0.15, -0.1) is 0 Å². The molecule has 5 rings (SSSR count). The van der Waals surface area contributed by atoms with Crippen LogP contribution in [0.5, 0.6) is 5.75 Å². The van der Waals surface area contributed by atoms with Crippen molar-refractivity contribution in [1.29, 1.82) is 0 Å². The molecule has 2 atom stereocenters. The molecule has 1 fully saturated rings. The first kappa shape index (κ1) is 19.8. The molecule has 1 aliphatic heterocycles. The number of fused-ring (bicyclic) bond motifs is 3. The van der Waals surface area contributed by atoms with Crippen LogP contribution < -0.4 is 4.74 Å². The molecule has 0 spiro atoms. The van der Waals surface area contributed by atoms with Gasteiger partial charge >= 0.3 is 0 Å². The molecule has 3 aromatic rings. The standard InChI is InChI=1S/C24H25N3O4/c1-14(2)30-17-6-3-5-15(11-17)24-25-23(26-31-24)19-8-4-7-18-20(19)12-16-13-21(29)27(9-10-28)22(16)18/h3-8,11,14,16,22,28H,9-10,12-13H2,1-2H3/t16-,22+/m0/s1. The highest BCUT2D eigenvalue weighted by molar-refractivity contribution is 5.81. The van der Waals surface area contributed by atoms with E-state index >= 15 is 0 Å². The molecule has 7 heteroatoms. The van der Waals surface area contributed by atoms with Gasteiger partial charge in [0.05, 0.1) is 18.8 Å². The number of nitrogens with zero attached hydrogens (tertiary/aromatic N) is 3. The van der Waals surface area contributed by atoms with Crippen molar-refractivity contribution in [1.82, 2.24) is 15.0 Å². The number of hydrogen-bond donors (Lipinski definition) is 1. The van der Waals surface area contributed by atoms with E-state index in [9.17, 15) is 9.90 Å². The molecule has 2 aromatic carbocycles. The second-order valence-electron chi connectivity index (χ2n) is 8.41. The average molecular weight is 419 g/mol. The van der Waals surface area contributed by atoms with Crippen molar-refractivity contribution in [3.05, 3.63) is 53.6 Å². The smallest absolute Gasteiger partial charge is 0.258 e. The first-order valence-electron chi connectivity index (χ1n) is 10.7. The number of aliphatic hydroxyl groups excluding tert-OH is 1. The van der Waals surface area contributed by atoms with Crippen LogP contribution in [-0.2, 0) is 11.2 Å². The van der Waals surface area contributed by atoms with Gasteiger partial charge in [0.2, 0.25) is 11.7 Å². The fraction of sp³-hybridized carbons (Fsp3) is 0.375. The number of aliphatic hydroxyl groups is 1. The van der Waals surface area contributed by atoms with E-state index in [2.05, 4.69) is 16.2 Å². The van der Waals surface area contributed by atoms with Crippen LogP contribution in [0.4, 0.5) is 0 Å². The molecule has 0 unspecified atom stereocenters. The van der Waals surface area contributed by atoms with Gasteiger partial charge in [0.25, 0.3) is 5.89 Å². The third-order valence-electron chi connectivity index (χ3n) is 6.00. The Morgan fingerprint density at radius 1 is 1.23 bits per heavy atom. The molecule has 1 aliphatic carbocycles. The van der Waals surface area contributed by atoms with E-state index in [1.165, 1.54) is 0 Å². The summed E-state index contributed by atoms with van der Waals surface area (Å²) in [5.74, 6) is 2.09. The Kier molecular flexibility index (Phi) is 4.98. The molecule has 0 bridgehead atoms. The van der Waals surface area contributed by atoms with Gasteiger partial charge < -0.3 is 19.3 Å². The van der Waals surface area contributed by atoms with Crippen LogP contribution in [0.25, 0.3) is 22.8 Å². The average Bonchev–Trinajstić information content (AvgIpc) is 3.43. The van der Waals surface area contributed by atoms with Gasteiger partial charge in [-0.3, -0.25) is 4.79 Å². The fourth-order valence-corrected chi connectivity index (χ4v) is 4.85. The zero-order valence-corrected chi connectivity index (χ0v) is 17.6. The maximum absolute atomic E-state index is 12.4. The minimum atomic E-state index is -0.0300. The maximum Gasteiger partial charge on any atom is 0.258 e. The lowest BCUT2D eigenvalue weighted by Crippen LogP contribution is -2.30. The number of carbonyl (C=O) groups is 1. The SMILES string of the molecule is CC(C)Oc1cccc(-c2nc(-c3cccc4c3C[C@H]3CC(=O)N(CCO)[C@@H]43)no2)c1. The lowest BCUT2D eigenvalue weighted by atomic mass is 10.0. The molecule has 1 saturated heterocycles. The zero-order chi connectivity index (χ0) is 21.5. The number of carbonyl (C=O) groups excluding carboxylic acids is 1. The van der Waals surface area contributed by atoms with Crippen molar-refractivity contribution in [3.63, 3.8) is 0 Å². The van der Waals surface area contributed by atoms with E-state index in [0.717, 1.165) is 34.4 Å². The summed E-state index contributed by atoms with van der Waals surface area (Å²) in [4.78, 5) is 18.8. The van der Waals surface area contributed by atoms with Crippen LogP contribution >= 0.6 is 0 Å². The largest absolute Gasteiger partial charge is 0.491 e. The van der Waals surface area contributed by atoms with Crippen LogP contribution in [0.3, 0.4) is 0 Å². The van der Waals surface area contributed by atoms with Crippen LogP contribution in [0, 0.1) is 5.92 Å². The molecule has 0 radical (unpaired) electrons. The van der Waals surface area contributed by atoms with E-state index in [-0.39, 0.29) is 30.6 Å². The molecule has 7 nitrogen and oxygen atoms in total. The van der Waals surface area contributed by atoms with Crippen molar-refractivity contribution in [2.75, 3.05) is 13.2 Å². The number of β-amino-alcohol motifs (C(OH)–C–C–N with tert-alkyl or cyclic N) is 1. The number of ether oxygens (including phenoxy) is 1. The Morgan fingerprint density at radius 3 is 2.87 bits per heavy atom. The van der Waals surface area contributed by atoms with Crippen molar-refractivity contribution in [3.8, 4) is 28.6 Å². The highest BCUT2D eigenvalue weighted by atomic mass is 16.5. The third-order valence-corrected chi connectivity index (χ3v) is 6.00. The first-order chi connectivity index (χ1) is 15.0. The Morgan fingerprint density at radius 2 is 2.06 bits per heavy atom. The summed E-state index contributed by atoms with van der Waals surface area (Å²) in [5.41, 5.74) is 4.03. The van der Waals surface area contributed by atoms with Crippen molar-refractivity contribution < 1.29 is 19.2 Å². The zero-order valence-electron chi connectivity index (χ0n) is 17.6. The predicted octanol–water partition coefficient (Wildman–Crippen LogP) is 3.63. The highest BCUT2D eigenvalue weighted by Gasteiger charge is 2.46. The first-order valence-corrected chi connectivity index (χ1v) is 10.7. The number of likely N-dealkylation sites (tertiary alicyclic amines) is 1. The Balaban J connectivity index is 1.47. The van der Waals surface area contributed by atoms with Gasteiger partial charge in [-0.2, -0.15) is 4.98 Å². The maximum atomic E-state index is 12.4. The molecular formula is C24H25N3O4. The molecular weight excluding hydrogens is 394 g/mol. The van der Waals surface area contributed by atoms with Crippen LogP contribution in [0.2, 0.25) is 0 Å². The number of rotatable bonds is 6. The highest BCUT2D eigenvalue weighted by Crippen LogP contribution is 2.49. The quantitative estimate of drug-likeness (QED) is 0.656.